The molecule has 104 valence electrons. The van der Waals surface area contributed by atoms with Crippen LogP contribution in [-0.2, 0) is 9.59 Å². The molecule has 2 unspecified atom stereocenters. The molecule has 1 fully saturated rings. The Morgan fingerprint density at radius 2 is 2.05 bits per heavy atom. The molecule has 1 aliphatic rings. The van der Waals surface area contributed by atoms with E-state index in [0.29, 0.717) is 11.7 Å². The molecule has 2 atom stereocenters. The zero-order valence-electron chi connectivity index (χ0n) is 11.2. The van der Waals surface area contributed by atoms with Gasteiger partial charge in [-0.05, 0) is 25.7 Å². The van der Waals surface area contributed by atoms with Crippen molar-refractivity contribution in [2.45, 2.75) is 45.6 Å². The molecular formula is C13H19N3O3. The first-order valence-electron chi connectivity index (χ1n) is 6.61. The van der Waals surface area contributed by atoms with Crippen LogP contribution in [0.25, 0.3) is 0 Å². The third-order valence-electron chi connectivity index (χ3n) is 3.50. The number of amides is 2. The van der Waals surface area contributed by atoms with Crippen LogP contribution in [-0.4, -0.2) is 23.0 Å². The SMILES string of the molecule is Cc1cc(NC(=O)C(=O)NC2CCCCC2C)no1. The summed E-state index contributed by atoms with van der Waals surface area (Å²) in [6.07, 6.45) is 4.32. The third kappa shape index (κ3) is 3.56. The van der Waals surface area contributed by atoms with E-state index in [1.54, 1.807) is 13.0 Å². The van der Waals surface area contributed by atoms with Gasteiger partial charge in [0.05, 0.1) is 0 Å². The average molecular weight is 265 g/mol. The first-order valence-corrected chi connectivity index (χ1v) is 6.61. The van der Waals surface area contributed by atoms with Crippen molar-refractivity contribution < 1.29 is 14.1 Å². The standard InChI is InChI=1S/C13H19N3O3/c1-8-5-3-4-6-10(8)14-12(17)13(18)15-11-7-9(2)19-16-11/h7-8,10H,3-6H2,1-2H3,(H,14,17)(H,15,16,18). The molecule has 0 aromatic carbocycles. The molecule has 1 aliphatic carbocycles. The van der Waals surface area contributed by atoms with Gasteiger partial charge in [0, 0.05) is 12.1 Å². The Kier molecular flexibility index (Phi) is 4.19. The van der Waals surface area contributed by atoms with E-state index in [9.17, 15) is 9.59 Å². The summed E-state index contributed by atoms with van der Waals surface area (Å²) in [5.41, 5.74) is 0. The quantitative estimate of drug-likeness (QED) is 0.796. The second-order valence-electron chi connectivity index (χ2n) is 5.12. The number of nitrogens with one attached hydrogen (secondary N) is 2. The maximum atomic E-state index is 11.8. The Labute approximate surface area is 111 Å². The summed E-state index contributed by atoms with van der Waals surface area (Å²) in [7, 11) is 0. The maximum absolute atomic E-state index is 11.8. The van der Waals surface area contributed by atoms with E-state index in [4.69, 9.17) is 4.52 Å². The Morgan fingerprint density at radius 3 is 2.68 bits per heavy atom. The predicted molar refractivity (Wildman–Crippen MR) is 69.4 cm³/mol. The molecule has 0 bridgehead atoms. The zero-order chi connectivity index (χ0) is 13.8. The van der Waals surface area contributed by atoms with E-state index in [0.717, 1.165) is 19.3 Å². The highest BCUT2D eigenvalue weighted by molar-refractivity contribution is 6.39. The normalized spacial score (nSPS) is 22.8. The van der Waals surface area contributed by atoms with Gasteiger partial charge in [0.25, 0.3) is 0 Å². The molecule has 1 saturated carbocycles. The van der Waals surface area contributed by atoms with Crippen molar-refractivity contribution in [1.82, 2.24) is 10.5 Å². The number of carbonyl (C=O) groups excluding carboxylic acids is 2. The molecular weight excluding hydrogens is 246 g/mol. The Hall–Kier alpha value is -1.85. The predicted octanol–water partition coefficient (Wildman–Crippen LogP) is 1.62. The fourth-order valence-corrected chi connectivity index (χ4v) is 2.36. The van der Waals surface area contributed by atoms with Crippen LogP contribution in [0, 0.1) is 12.8 Å². The smallest absolute Gasteiger partial charge is 0.314 e. The third-order valence-corrected chi connectivity index (χ3v) is 3.50. The van der Waals surface area contributed by atoms with Gasteiger partial charge in [-0.25, -0.2) is 0 Å². The summed E-state index contributed by atoms with van der Waals surface area (Å²) in [4.78, 5) is 23.5. The van der Waals surface area contributed by atoms with E-state index in [1.807, 2.05) is 0 Å². The molecule has 6 nitrogen and oxygen atoms in total. The fraction of sp³-hybridized carbons (Fsp3) is 0.615. The topological polar surface area (TPSA) is 84.2 Å². The van der Waals surface area contributed by atoms with Gasteiger partial charge in [-0.2, -0.15) is 0 Å². The Morgan fingerprint density at radius 1 is 1.32 bits per heavy atom. The number of carbonyl (C=O) groups is 2. The molecule has 1 aromatic rings. The molecule has 0 spiro atoms. The van der Waals surface area contributed by atoms with Crippen molar-refractivity contribution in [1.29, 1.82) is 0 Å². The van der Waals surface area contributed by atoms with Crippen LogP contribution in [0.2, 0.25) is 0 Å². The number of hydrogen-bond donors (Lipinski definition) is 2. The fourth-order valence-electron chi connectivity index (χ4n) is 2.36. The second-order valence-corrected chi connectivity index (χ2v) is 5.12. The van der Waals surface area contributed by atoms with Crippen molar-refractivity contribution in [3.05, 3.63) is 11.8 Å². The minimum absolute atomic E-state index is 0.0889. The lowest BCUT2D eigenvalue weighted by atomic mass is 9.86. The minimum atomic E-state index is -0.703. The van der Waals surface area contributed by atoms with Crippen LogP contribution >= 0.6 is 0 Å². The summed E-state index contributed by atoms with van der Waals surface area (Å²) in [6.45, 7) is 3.81. The molecule has 0 saturated heterocycles. The van der Waals surface area contributed by atoms with Crippen LogP contribution in [0.15, 0.2) is 10.6 Å². The first-order chi connectivity index (χ1) is 9.06. The lowest BCUT2D eigenvalue weighted by Crippen LogP contribution is -2.45. The van der Waals surface area contributed by atoms with Crippen molar-refractivity contribution in [3.63, 3.8) is 0 Å². The molecule has 2 N–H and O–H groups in total. The van der Waals surface area contributed by atoms with Crippen molar-refractivity contribution in [3.8, 4) is 0 Å². The molecule has 0 radical (unpaired) electrons. The van der Waals surface area contributed by atoms with Crippen molar-refractivity contribution >= 4 is 17.6 Å². The van der Waals surface area contributed by atoms with Crippen LogP contribution in [0.1, 0.15) is 38.4 Å². The largest absolute Gasteiger partial charge is 0.360 e. The van der Waals surface area contributed by atoms with Gasteiger partial charge in [-0.3, -0.25) is 14.9 Å². The summed E-state index contributed by atoms with van der Waals surface area (Å²) >= 11 is 0. The lowest BCUT2D eigenvalue weighted by Gasteiger charge is -2.29. The number of aryl methyl sites for hydroxylation is 1. The highest BCUT2D eigenvalue weighted by atomic mass is 16.5. The monoisotopic (exact) mass is 265 g/mol. The second kappa shape index (κ2) is 5.86. The number of rotatable bonds is 2. The van der Waals surface area contributed by atoms with Crippen LogP contribution in [0.3, 0.4) is 0 Å². The zero-order valence-corrected chi connectivity index (χ0v) is 11.2. The molecule has 6 heteroatoms. The maximum Gasteiger partial charge on any atom is 0.314 e. The van der Waals surface area contributed by atoms with Gasteiger partial charge in [-0.15, -0.1) is 0 Å². The van der Waals surface area contributed by atoms with E-state index in [-0.39, 0.29) is 11.9 Å². The summed E-state index contributed by atoms with van der Waals surface area (Å²) in [5, 5.41) is 8.81. The molecule has 2 rings (SSSR count). The Balaban J connectivity index is 1.86. The lowest BCUT2D eigenvalue weighted by molar-refractivity contribution is -0.137. The van der Waals surface area contributed by atoms with Gasteiger partial charge in [0.2, 0.25) is 0 Å². The summed E-state index contributed by atoms with van der Waals surface area (Å²) in [5.74, 6) is -0.0591. The summed E-state index contributed by atoms with van der Waals surface area (Å²) in [6, 6.07) is 1.65. The van der Waals surface area contributed by atoms with E-state index >= 15 is 0 Å². The Bertz CT molecular complexity index is 469. The molecule has 1 heterocycles. The summed E-state index contributed by atoms with van der Waals surface area (Å²) < 4.78 is 4.82. The molecule has 2 amide bonds. The molecule has 1 aromatic heterocycles. The molecule has 0 aliphatic heterocycles. The minimum Gasteiger partial charge on any atom is -0.360 e. The number of nitrogens with zero attached hydrogens (tertiary/aromatic N) is 1. The van der Waals surface area contributed by atoms with Gasteiger partial charge in [0.15, 0.2) is 5.82 Å². The number of anilines is 1. The van der Waals surface area contributed by atoms with Gasteiger partial charge >= 0.3 is 11.8 Å². The van der Waals surface area contributed by atoms with Gasteiger partial charge in [0.1, 0.15) is 5.76 Å². The highest BCUT2D eigenvalue weighted by Gasteiger charge is 2.25. The van der Waals surface area contributed by atoms with Crippen molar-refractivity contribution in [2.75, 3.05) is 5.32 Å². The van der Waals surface area contributed by atoms with E-state index in [2.05, 4.69) is 22.7 Å². The van der Waals surface area contributed by atoms with Crippen LogP contribution in [0.4, 0.5) is 5.82 Å². The van der Waals surface area contributed by atoms with E-state index < -0.39 is 11.8 Å². The molecule has 19 heavy (non-hydrogen) atoms. The van der Waals surface area contributed by atoms with Gasteiger partial charge in [-0.1, -0.05) is 24.9 Å². The van der Waals surface area contributed by atoms with Crippen LogP contribution < -0.4 is 10.6 Å². The average Bonchev–Trinajstić information content (AvgIpc) is 2.77. The number of hydrogen-bond acceptors (Lipinski definition) is 4. The van der Waals surface area contributed by atoms with E-state index in [1.165, 1.54) is 6.42 Å². The highest BCUT2D eigenvalue weighted by Crippen LogP contribution is 2.23. The first kappa shape index (κ1) is 13.6. The van der Waals surface area contributed by atoms with Crippen LogP contribution in [0.5, 0.6) is 0 Å². The van der Waals surface area contributed by atoms with Crippen molar-refractivity contribution in [2.24, 2.45) is 5.92 Å². The number of aromatic nitrogens is 1. The van der Waals surface area contributed by atoms with Gasteiger partial charge < -0.3 is 9.84 Å².